The van der Waals surface area contributed by atoms with Gasteiger partial charge in [0.1, 0.15) is 4.99 Å². The Morgan fingerprint density at radius 2 is 2.16 bits per heavy atom. The second-order valence-electron chi connectivity index (χ2n) is 4.70. The predicted molar refractivity (Wildman–Crippen MR) is 88.2 cm³/mol. The van der Waals surface area contributed by atoms with Crippen LogP contribution in [-0.4, -0.2) is 31.0 Å². The summed E-state index contributed by atoms with van der Waals surface area (Å²) in [6.07, 6.45) is 2.02. The Hall–Kier alpha value is -0.780. The van der Waals surface area contributed by atoms with Crippen molar-refractivity contribution in [3.05, 3.63) is 23.8 Å². The fourth-order valence-corrected chi connectivity index (χ4v) is 2.78. The molecule has 0 fully saturated rings. The molecule has 1 unspecified atom stereocenters. The second-order valence-corrected chi connectivity index (χ2v) is 5.99. The third-order valence-corrected chi connectivity index (χ3v) is 3.97. The maximum absolute atomic E-state index is 5.86. The Kier molecular flexibility index (Phi) is 6.62. The largest absolute Gasteiger partial charge is 0.389 e. The van der Waals surface area contributed by atoms with Gasteiger partial charge in [0, 0.05) is 23.3 Å². The number of hydrogen-bond donors (Lipinski definition) is 2. The molecule has 0 aromatic heterocycles. The summed E-state index contributed by atoms with van der Waals surface area (Å²) in [5.74, 6) is 0.456. The third-order valence-electron chi connectivity index (χ3n) is 2.98. The number of rotatable bonds is 7. The van der Waals surface area contributed by atoms with Gasteiger partial charge in [-0.3, -0.25) is 0 Å². The summed E-state index contributed by atoms with van der Waals surface area (Å²) >= 11 is 6.83. The highest BCUT2D eigenvalue weighted by Gasteiger charge is 2.17. The minimum absolute atomic E-state index is 0.232. The number of thioether (sulfide) groups is 1. The van der Waals surface area contributed by atoms with E-state index < -0.39 is 0 Å². The van der Waals surface area contributed by atoms with Gasteiger partial charge in [0.05, 0.1) is 12.6 Å². The summed E-state index contributed by atoms with van der Waals surface area (Å²) in [7, 11) is 1.71. The molecule has 0 aliphatic heterocycles. The van der Waals surface area contributed by atoms with Crippen LogP contribution in [0.1, 0.15) is 19.4 Å². The average molecular weight is 298 g/mol. The van der Waals surface area contributed by atoms with Crippen molar-refractivity contribution in [1.29, 1.82) is 0 Å². The molecule has 0 spiro atoms. The first-order chi connectivity index (χ1) is 9.01. The van der Waals surface area contributed by atoms with Gasteiger partial charge in [-0.15, -0.1) is 11.8 Å². The van der Waals surface area contributed by atoms with E-state index in [4.69, 9.17) is 22.7 Å². The molecular weight excluding hydrogens is 276 g/mol. The molecule has 3 N–H and O–H groups in total. The van der Waals surface area contributed by atoms with E-state index in [1.54, 1.807) is 18.9 Å². The Morgan fingerprint density at radius 1 is 1.47 bits per heavy atom. The van der Waals surface area contributed by atoms with E-state index >= 15 is 0 Å². The lowest BCUT2D eigenvalue weighted by molar-refractivity contribution is 0.171. The van der Waals surface area contributed by atoms with Crippen molar-refractivity contribution >= 4 is 34.7 Å². The lowest BCUT2D eigenvalue weighted by Crippen LogP contribution is -2.31. The van der Waals surface area contributed by atoms with Gasteiger partial charge in [-0.25, -0.2) is 0 Å². The van der Waals surface area contributed by atoms with Crippen molar-refractivity contribution in [3.63, 3.8) is 0 Å². The average Bonchev–Trinajstić information content (AvgIpc) is 2.37. The van der Waals surface area contributed by atoms with Crippen molar-refractivity contribution in [2.75, 3.05) is 25.3 Å². The lowest BCUT2D eigenvalue weighted by atomic mass is 10.0. The fourth-order valence-electron chi connectivity index (χ4n) is 1.86. The molecule has 0 amide bonds. The Labute approximate surface area is 125 Å². The van der Waals surface area contributed by atoms with Crippen LogP contribution in [0.15, 0.2) is 23.1 Å². The predicted octanol–water partition coefficient (Wildman–Crippen LogP) is 3.13. The Balaban J connectivity index is 3.08. The highest BCUT2D eigenvalue weighted by Crippen LogP contribution is 2.28. The molecule has 106 valence electrons. The van der Waals surface area contributed by atoms with Crippen LogP contribution in [0.3, 0.4) is 0 Å². The summed E-state index contributed by atoms with van der Waals surface area (Å²) in [5.41, 5.74) is 7.77. The van der Waals surface area contributed by atoms with E-state index in [-0.39, 0.29) is 6.04 Å². The molecule has 3 nitrogen and oxygen atoms in total. The second kappa shape index (κ2) is 7.72. The first-order valence-electron chi connectivity index (χ1n) is 6.23. The normalized spacial score (nSPS) is 12.5. The number of methoxy groups -OCH3 is 1. The smallest absolute Gasteiger partial charge is 0.107 e. The maximum Gasteiger partial charge on any atom is 0.107 e. The van der Waals surface area contributed by atoms with Crippen molar-refractivity contribution in [3.8, 4) is 0 Å². The monoisotopic (exact) mass is 298 g/mol. The van der Waals surface area contributed by atoms with Gasteiger partial charge in [-0.05, 0) is 24.3 Å². The van der Waals surface area contributed by atoms with Crippen LogP contribution in [0.25, 0.3) is 0 Å². The van der Waals surface area contributed by atoms with E-state index in [1.165, 1.54) is 0 Å². The molecule has 1 aromatic rings. The first kappa shape index (κ1) is 16.3. The van der Waals surface area contributed by atoms with E-state index in [1.807, 2.05) is 24.5 Å². The Morgan fingerprint density at radius 3 is 2.63 bits per heavy atom. The molecule has 1 atom stereocenters. The van der Waals surface area contributed by atoms with Crippen LogP contribution >= 0.6 is 24.0 Å². The minimum Gasteiger partial charge on any atom is -0.389 e. The van der Waals surface area contributed by atoms with Crippen LogP contribution in [0, 0.1) is 5.92 Å². The molecule has 0 saturated carbocycles. The number of anilines is 1. The summed E-state index contributed by atoms with van der Waals surface area (Å²) < 4.78 is 5.26. The van der Waals surface area contributed by atoms with Crippen LogP contribution in [0.5, 0.6) is 0 Å². The van der Waals surface area contributed by atoms with E-state index in [0.717, 1.165) is 16.1 Å². The van der Waals surface area contributed by atoms with Gasteiger partial charge in [-0.1, -0.05) is 32.1 Å². The number of thiocarbonyl (C=S) groups is 1. The van der Waals surface area contributed by atoms with Crippen molar-refractivity contribution in [2.24, 2.45) is 11.7 Å². The van der Waals surface area contributed by atoms with Crippen molar-refractivity contribution < 1.29 is 4.74 Å². The van der Waals surface area contributed by atoms with Crippen molar-refractivity contribution in [1.82, 2.24) is 0 Å². The first-order valence-corrected chi connectivity index (χ1v) is 7.86. The topological polar surface area (TPSA) is 47.3 Å². The number of nitrogens with one attached hydrogen (secondary N) is 1. The van der Waals surface area contributed by atoms with E-state index in [2.05, 4.69) is 19.2 Å². The van der Waals surface area contributed by atoms with E-state index in [0.29, 0.717) is 17.5 Å². The summed E-state index contributed by atoms with van der Waals surface area (Å²) in [6, 6.07) is 6.29. The molecule has 1 rings (SSSR count). The highest BCUT2D eigenvalue weighted by molar-refractivity contribution is 7.98. The van der Waals surface area contributed by atoms with Gasteiger partial charge in [0.25, 0.3) is 0 Å². The van der Waals surface area contributed by atoms with E-state index in [9.17, 15) is 0 Å². The molecule has 0 bridgehead atoms. The van der Waals surface area contributed by atoms with Gasteiger partial charge in [0.15, 0.2) is 0 Å². The van der Waals surface area contributed by atoms with Crippen LogP contribution in [0.2, 0.25) is 0 Å². The zero-order chi connectivity index (χ0) is 14.4. The van der Waals surface area contributed by atoms with Gasteiger partial charge < -0.3 is 15.8 Å². The van der Waals surface area contributed by atoms with Gasteiger partial charge >= 0.3 is 0 Å². The van der Waals surface area contributed by atoms with Crippen LogP contribution in [0.4, 0.5) is 5.69 Å². The van der Waals surface area contributed by atoms with Crippen LogP contribution < -0.4 is 11.1 Å². The molecular formula is C14H22N2OS2. The minimum atomic E-state index is 0.232. The SMILES string of the molecule is COCC(Nc1cccc(SC)c1C(N)=S)C(C)C. The number of benzene rings is 1. The highest BCUT2D eigenvalue weighted by atomic mass is 32.2. The molecule has 1 aromatic carbocycles. The van der Waals surface area contributed by atoms with Crippen LogP contribution in [-0.2, 0) is 4.74 Å². The molecule has 0 heterocycles. The molecule has 0 saturated heterocycles. The molecule has 0 radical (unpaired) electrons. The molecule has 0 aliphatic rings. The summed E-state index contributed by atoms with van der Waals surface area (Å²) in [5, 5.41) is 3.50. The van der Waals surface area contributed by atoms with Gasteiger partial charge in [-0.2, -0.15) is 0 Å². The zero-order valence-electron chi connectivity index (χ0n) is 11.9. The van der Waals surface area contributed by atoms with Gasteiger partial charge in [0.2, 0.25) is 0 Å². The van der Waals surface area contributed by atoms with Crippen molar-refractivity contribution in [2.45, 2.75) is 24.8 Å². The summed E-state index contributed by atoms with van der Waals surface area (Å²) in [6.45, 7) is 4.98. The molecule has 0 aliphatic carbocycles. The summed E-state index contributed by atoms with van der Waals surface area (Å²) in [4.78, 5) is 1.52. The fraction of sp³-hybridized carbons (Fsp3) is 0.500. The Bertz CT molecular complexity index is 435. The maximum atomic E-state index is 5.86. The molecule has 5 heteroatoms. The number of nitrogens with two attached hydrogens (primary N) is 1. The number of hydrogen-bond acceptors (Lipinski definition) is 4. The number of ether oxygens (including phenoxy) is 1. The molecule has 19 heavy (non-hydrogen) atoms. The standard InChI is InChI=1S/C14H22N2OS2/c1-9(2)11(8-17-3)16-10-6-5-7-12(19-4)13(10)14(15)18/h5-7,9,11,16H,8H2,1-4H3,(H2,15,18). The zero-order valence-corrected chi connectivity index (χ0v) is 13.5. The lowest BCUT2D eigenvalue weighted by Gasteiger charge is -2.24. The third kappa shape index (κ3) is 4.37. The quantitative estimate of drug-likeness (QED) is 0.598.